The summed E-state index contributed by atoms with van der Waals surface area (Å²) in [7, 11) is 3.00. The fraction of sp³-hybridized carbons (Fsp3) is 0.312. The molecule has 1 aliphatic rings. The minimum Gasteiger partial charge on any atom is -0.278 e. The molecular weight excluding hydrogens is 308 g/mol. The highest BCUT2D eigenvalue weighted by atomic mass is 16.2. The maximum Gasteiger partial charge on any atom is 0.332 e. The van der Waals surface area contributed by atoms with Gasteiger partial charge < -0.3 is 0 Å². The molecule has 4 rings (SSSR count). The SMILES string of the molecule is Cn1c(=O)c2nnn(/N=C(/c3ccccc3)C3CC3)c2n(C)c1=O. The van der Waals surface area contributed by atoms with Crippen LogP contribution < -0.4 is 11.2 Å². The van der Waals surface area contributed by atoms with Gasteiger partial charge in [0.2, 0.25) is 0 Å². The summed E-state index contributed by atoms with van der Waals surface area (Å²) in [6, 6.07) is 9.85. The molecule has 0 atom stereocenters. The van der Waals surface area contributed by atoms with Crippen molar-refractivity contribution in [3.05, 3.63) is 56.7 Å². The molecule has 122 valence electrons. The predicted molar refractivity (Wildman–Crippen MR) is 89.1 cm³/mol. The Morgan fingerprint density at radius 2 is 1.83 bits per heavy atom. The number of hydrogen-bond acceptors (Lipinski definition) is 5. The lowest BCUT2D eigenvalue weighted by atomic mass is 10.1. The molecule has 0 radical (unpaired) electrons. The summed E-state index contributed by atoms with van der Waals surface area (Å²) in [5.41, 5.74) is 1.44. The van der Waals surface area contributed by atoms with E-state index in [1.807, 2.05) is 30.3 Å². The molecule has 8 heteroatoms. The minimum atomic E-state index is -0.470. The minimum absolute atomic E-state index is 0.131. The first kappa shape index (κ1) is 14.6. The molecule has 0 saturated heterocycles. The van der Waals surface area contributed by atoms with Crippen molar-refractivity contribution in [3.8, 4) is 0 Å². The van der Waals surface area contributed by atoms with E-state index < -0.39 is 11.2 Å². The normalized spacial score (nSPS) is 15.2. The van der Waals surface area contributed by atoms with Crippen molar-refractivity contribution in [2.24, 2.45) is 25.1 Å². The van der Waals surface area contributed by atoms with Gasteiger partial charge in [0.1, 0.15) is 0 Å². The number of nitrogens with zero attached hydrogens (tertiary/aromatic N) is 6. The number of aromatic nitrogens is 5. The van der Waals surface area contributed by atoms with E-state index in [9.17, 15) is 9.59 Å². The van der Waals surface area contributed by atoms with E-state index in [4.69, 9.17) is 0 Å². The Hall–Kier alpha value is -3.03. The van der Waals surface area contributed by atoms with E-state index in [0.29, 0.717) is 11.6 Å². The zero-order valence-corrected chi connectivity index (χ0v) is 13.4. The first-order valence-corrected chi connectivity index (χ1v) is 7.73. The molecule has 0 N–H and O–H groups in total. The Balaban J connectivity index is 1.97. The largest absolute Gasteiger partial charge is 0.332 e. The summed E-state index contributed by atoms with van der Waals surface area (Å²) in [6.07, 6.45) is 2.14. The summed E-state index contributed by atoms with van der Waals surface area (Å²) < 4.78 is 2.36. The van der Waals surface area contributed by atoms with Crippen molar-refractivity contribution < 1.29 is 0 Å². The van der Waals surface area contributed by atoms with Crippen LogP contribution in [0.3, 0.4) is 0 Å². The van der Waals surface area contributed by atoms with Gasteiger partial charge in [-0.05, 0) is 23.6 Å². The van der Waals surface area contributed by atoms with Crippen LogP contribution in [0.1, 0.15) is 18.4 Å². The van der Waals surface area contributed by atoms with E-state index in [0.717, 1.165) is 28.7 Å². The van der Waals surface area contributed by atoms with Crippen molar-refractivity contribution in [2.75, 3.05) is 0 Å². The maximum absolute atomic E-state index is 12.2. The number of aryl methyl sites for hydroxylation is 1. The topological polar surface area (TPSA) is 87.1 Å². The Bertz CT molecular complexity index is 1070. The Kier molecular flexibility index (Phi) is 3.19. The van der Waals surface area contributed by atoms with Crippen LogP contribution in [-0.4, -0.2) is 29.9 Å². The second-order valence-corrected chi connectivity index (χ2v) is 5.98. The fourth-order valence-electron chi connectivity index (χ4n) is 2.77. The summed E-state index contributed by atoms with van der Waals surface area (Å²) in [5.74, 6) is 0.371. The van der Waals surface area contributed by atoms with Crippen LogP contribution in [0.4, 0.5) is 0 Å². The van der Waals surface area contributed by atoms with Gasteiger partial charge in [-0.2, -0.15) is 5.10 Å². The third-order valence-corrected chi connectivity index (χ3v) is 4.27. The van der Waals surface area contributed by atoms with Gasteiger partial charge in [-0.3, -0.25) is 13.9 Å². The van der Waals surface area contributed by atoms with Gasteiger partial charge >= 0.3 is 5.69 Å². The zero-order chi connectivity index (χ0) is 16.8. The number of fused-ring (bicyclic) bond motifs is 1. The van der Waals surface area contributed by atoms with Gasteiger partial charge in [-0.15, -0.1) is 9.89 Å². The lowest BCUT2D eigenvalue weighted by Crippen LogP contribution is -2.37. The second-order valence-electron chi connectivity index (χ2n) is 5.98. The fourth-order valence-corrected chi connectivity index (χ4v) is 2.77. The van der Waals surface area contributed by atoms with Crippen LogP contribution in [0.5, 0.6) is 0 Å². The maximum atomic E-state index is 12.2. The predicted octanol–water partition coefficient (Wildman–Crippen LogP) is 0.491. The molecule has 0 amide bonds. The van der Waals surface area contributed by atoms with E-state index >= 15 is 0 Å². The molecule has 1 saturated carbocycles. The van der Waals surface area contributed by atoms with Crippen LogP contribution in [0.15, 0.2) is 45.0 Å². The monoisotopic (exact) mass is 324 g/mol. The Morgan fingerprint density at radius 3 is 2.50 bits per heavy atom. The molecule has 1 aromatic carbocycles. The van der Waals surface area contributed by atoms with Crippen LogP contribution in [0.2, 0.25) is 0 Å². The van der Waals surface area contributed by atoms with Gasteiger partial charge in [0.15, 0.2) is 11.2 Å². The highest BCUT2D eigenvalue weighted by Gasteiger charge is 2.29. The quantitative estimate of drug-likeness (QED) is 0.656. The molecule has 1 fully saturated rings. The number of rotatable bonds is 3. The summed E-state index contributed by atoms with van der Waals surface area (Å²) >= 11 is 0. The lowest BCUT2D eigenvalue weighted by molar-refractivity contribution is 0.663. The van der Waals surface area contributed by atoms with Crippen molar-refractivity contribution in [1.29, 1.82) is 0 Å². The molecule has 0 bridgehead atoms. The Morgan fingerprint density at radius 1 is 1.12 bits per heavy atom. The van der Waals surface area contributed by atoms with Crippen molar-refractivity contribution >= 4 is 16.9 Å². The van der Waals surface area contributed by atoms with Crippen LogP contribution in [0.25, 0.3) is 11.2 Å². The smallest absolute Gasteiger partial charge is 0.278 e. The number of hydrogen-bond donors (Lipinski definition) is 0. The highest BCUT2D eigenvalue weighted by molar-refractivity contribution is 6.03. The van der Waals surface area contributed by atoms with Gasteiger partial charge in [0.25, 0.3) is 5.56 Å². The van der Waals surface area contributed by atoms with Gasteiger partial charge in [0.05, 0.1) is 5.71 Å². The molecule has 8 nitrogen and oxygen atoms in total. The summed E-state index contributed by atoms with van der Waals surface area (Å²) in [4.78, 5) is 25.7. The number of benzene rings is 1. The average molecular weight is 324 g/mol. The van der Waals surface area contributed by atoms with Crippen LogP contribution in [-0.2, 0) is 14.1 Å². The van der Waals surface area contributed by atoms with Gasteiger partial charge in [-0.25, -0.2) is 4.79 Å². The average Bonchev–Trinajstić information content (AvgIpc) is 3.36. The molecule has 1 aliphatic carbocycles. The lowest BCUT2D eigenvalue weighted by Gasteiger charge is -2.07. The highest BCUT2D eigenvalue weighted by Crippen LogP contribution is 2.33. The van der Waals surface area contributed by atoms with Crippen molar-refractivity contribution in [3.63, 3.8) is 0 Å². The first-order chi connectivity index (χ1) is 11.6. The summed E-state index contributed by atoms with van der Waals surface area (Å²) in [5, 5.41) is 12.5. The van der Waals surface area contributed by atoms with Crippen LogP contribution >= 0.6 is 0 Å². The molecule has 0 spiro atoms. The Labute approximate surface area is 136 Å². The third-order valence-electron chi connectivity index (χ3n) is 4.27. The molecule has 2 heterocycles. The van der Waals surface area contributed by atoms with Crippen molar-refractivity contribution in [2.45, 2.75) is 12.8 Å². The van der Waals surface area contributed by atoms with E-state index in [1.54, 1.807) is 7.05 Å². The van der Waals surface area contributed by atoms with Gasteiger partial charge in [-0.1, -0.05) is 30.3 Å². The molecule has 0 unspecified atom stereocenters. The molecule has 0 aliphatic heterocycles. The second kappa shape index (κ2) is 5.26. The van der Waals surface area contributed by atoms with Crippen molar-refractivity contribution in [1.82, 2.24) is 24.2 Å². The van der Waals surface area contributed by atoms with E-state index in [1.165, 1.54) is 16.4 Å². The van der Waals surface area contributed by atoms with Gasteiger partial charge in [0, 0.05) is 20.0 Å². The third kappa shape index (κ3) is 2.18. The van der Waals surface area contributed by atoms with Crippen LogP contribution in [0, 0.1) is 5.92 Å². The molecule has 24 heavy (non-hydrogen) atoms. The summed E-state index contributed by atoms with van der Waals surface area (Å²) in [6.45, 7) is 0. The molecule has 3 aromatic rings. The van der Waals surface area contributed by atoms with E-state index in [-0.39, 0.29) is 5.52 Å². The first-order valence-electron chi connectivity index (χ1n) is 7.73. The standard InChI is InChI=1S/C16H16N6O2/c1-20-14-13(15(23)21(2)16(20)24)17-19-22(14)18-12(11-8-9-11)10-6-4-3-5-7-10/h3-7,11H,8-9H2,1-2H3/b18-12-. The zero-order valence-electron chi connectivity index (χ0n) is 13.4. The molecular formula is C16H16N6O2. The molecule has 2 aromatic heterocycles. The van der Waals surface area contributed by atoms with E-state index in [2.05, 4.69) is 15.4 Å².